The van der Waals surface area contributed by atoms with Crippen LogP contribution in [0, 0.1) is 11.8 Å². The molecule has 7 nitrogen and oxygen atoms in total. The average molecular weight is 404 g/mol. The number of nitrogens with two attached hydrogens (primary N) is 1. The molecule has 0 aliphatic heterocycles. The van der Waals surface area contributed by atoms with Crippen molar-refractivity contribution in [2.75, 3.05) is 18.2 Å². The van der Waals surface area contributed by atoms with Gasteiger partial charge in [-0.15, -0.1) is 10.2 Å². The lowest BCUT2D eigenvalue weighted by atomic mass is 9.78. The van der Waals surface area contributed by atoms with Crippen LogP contribution in [0.25, 0.3) is 11.4 Å². The molecule has 3 N–H and O–H groups in total. The van der Waals surface area contributed by atoms with Crippen molar-refractivity contribution >= 4 is 17.7 Å². The number of nitrogen functional groups attached to an aromatic ring is 1. The Bertz CT molecular complexity index is 792. The van der Waals surface area contributed by atoms with Crippen molar-refractivity contribution < 1.29 is 9.53 Å². The van der Waals surface area contributed by atoms with Crippen molar-refractivity contribution in [2.24, 2.45) is 11.8 Å². The molecule has 0 bridgehead atoms. The van der Waals surface area contributed by atoms with Crippen molar-refractivity contribution in [3.8, 4) is 17.1 Å². The van der Waals surface area contributed by atoms with Gasteiger partial charge in [0.1, 0.15) is 5.75 Å². The Balaban J connectivity index is 1.57. The summed E-state index contributed by atoms with van der Waals surface area (Å²) >= 11 is 1.30. The highest BCUT2D eigenvalue weighted by Crippen LogP contribution is 2.29. The predicted molar refractivity (Wildman–Crippen MR) is 112 cm³/mol. The first-order valence-corrected chi connectivity index (χ1v) is 10.8. The average Bonchev–Trinajstić information content (AvgIpc) is 3.05. The van der Waals surface area contributed by atoms with Gasteiger partial charge in [-0.05, 0) is 49.4 Å². The fourth-order valence-electron chi connectivity index (χ4n) is 3.60. The first-order valence-electron chi connectivity index (χ1n) is 9.85. The minimum Gasteiger partial charge on any atom is -0.494 e. The molecule has 8 heteroatoms. The molecule has 0 unspecified atom stereocenters. The maximum atomic E-state index is 12.4. The molecule has 0 saturated heterocycles. The summed E-state index contributed by atoms with van der Waals surface area (Å²) in [5, 5.41) is 12.0. The highest BCUT2D eigenvalue weighted by Gasteiger charge is 2.28. The van der Waals surface area contributed by atoms with E-state index < -0.39 is 0 Å². The second-order valence-corrected chi connectivity index (χ2v) is 8.31. The standard InChI is InChI=1S/C20H29N5O2S/c1-4-27-16-10-8-15(9-11-16)19-23-24-20(25(19)21)28-12-18(26)22-17-7-5-6-13(2)14(17)3/h8-11,13-14,17H,4-7,12,21H2,1-3H3,(H,22,26)/t13-,14-,17+/m0/s1. The summed E-state index contributed by atoms with van der Waals surface area (Å²) in [5.41, 5.74) is 0.847. The molecule has 152 valence electrons. The van der Waals surface area contributed by atoms with Gasteiger partial charge < -0.3 is 15.9 Å². The third-order valence-electron chi connectivity index (χ3n) is 5.47. The molecule has 3 rings (SSSR count). The normalized spacial score (nSPS) is 22.0. The monoisotopic (exact) mass is 403 g/mol. The lowest BCUT2D eigenvalue weighted by Gasteiger charge is -2.34. The van der Waals surface area contributed by atoms with Crippen LogP contribution in [-0.2, 0) is 4.79 Å². The second kappa shape index (κ2) is 9.32. The van der Waals surface area contributed by atoms with Gasteiger partial charge in [0, 0.05) is 11.6 Å². The summed E-state index contributed by atoms with van der Waals surface area (Å²) < 4.78 is 6.88. The van der Waals surface area contributed by atoms with Gasteiger partial charge in [-0.3, -0.25) is 4.79 Å². The predicted octanol–water partition coefficient (Wildman–Crippen LogP) is 3.09. The topological polar surface area (TPSA) is 95.1 Å². The molecule has 1 fully saturated rings. The van der Waals surface area contributed by atoms with Crippen molar-refractivity contribution in [3.05, 3.63) is 24.3 Å². The Morgan fingerprint density at radius 3 is 2.75 bits per heavy atom. The minimum absolute atomic E-state index is 0.0153. The fourth-order valence-corrected chi connectivity index (χ4v) is 4.27. The quantitative estimate of drug-likeness (QED) is 0.545. The zero-order valence-electron chi connectivity index (χ0n) is 16.7. The highest BCUT2D eigenvalue weighted by molar-refractivity contribution is 7.99. The van der Waals surface area contributed by atoms with Crippen molar-refractivity contribution in [1.82, 2.24) is 20.2 Å². The van der Waals surface area contributed by atoms with Crippen molar-refractivity contribution in [1.29, 1.82) is 0 Å². The summed E-state index contributed by atoms with van der Waals surface area (Å²) in [5.74, 6) is 8.95. The molecule has 1 amide bonds. The van der Waals surface area contributed by atoms with Crippen LogP contribution in [0.15, 0.2) is 29.4 Å². The molecule has 1 aliphatic carbocycles. The maximum absolute atomic E-state index is 12.4. The van der Waals surface area contributed by atoms with Gasteiger partial charge in [-0.2, -0.15) is 0 Å². The number of thioether (sulfide) groups is 1. The van der Waals surface area contributed by atoms with Crippen LogP contribution in [-0.4, -0.2) is 39.2 Å². The van der Waals surface area contributed by atoms with Crippen LogP contribution in [0.5, 0.6) is 5.75 Å². The Morgan fingerprint density at radius 1 is 1.29 bits per heavy atom. The number of hydrogen-bond donors (Lipinski definition) is 2. The molecular weight excluding hydrogens is 374 g/mol. The van der Waals surface area contributed by atoms with Gasteiger partial charge in [0.05, 0.1) is 12.4 Å². The van der Waals surface area contributed by atoms with Crippen LogP contribution < -0.4 is 15.9 Å². The molecule has 3 atom stereocenters. The Kier molecular flexibility index (Phi) is 6.83. The molecule has 1 saturated carbocycles. The summed E-state index contributed by atoms with van der Waals surface area (Å²) in [4.78, 5) is 12.4. The van der Waals surface area contributed by atoms with Crippen molar-refractivity contribution in [2.45, 2.75) is 51.2 Å². The van der Waals surface area contributed by atoms with Crippen LogP contribution in [0.2, 0.25) is 0 Å². The number of benzene rings is 1. The van der Waals surface area contributed by atoms with Gasteiger partial charge in [-0.25, -0.2) is 4.68 Å². The van der Waals surface area contributed by atoms with Crippen molar-refractivity contribution in [3.63, 3.8) is 0 Å². The van der Waals surface area contributed by atoms with Crippen LogP contribution in [0.1, 0.15) is 40.0 Å². The number of carbonyl (C=O) groups is 1. The van der Waals surface area contributed by atoms with E-state index in [9.17, 15) is 4.79 Å². The number of ether oxygens (including phenoxy) is 1. The Labute approximate surface area is 170 Å². The first kappa shape index (κ1) is 20.5. The smallest absolute Gasteiger partial charge is 0.230 e. The van der Waals surface area contributed by atoms with Gasteiger partial charge in [0.25, 0.3) is 0 Å². The van der Waals surface area contributed by atoms with Gasteiger partial charge in [0.2, 0.25) is 11.1 Å². The lowest BCUT2D eigenvalue weighted by molar-refractivity contribution is -0.120. The molecule has 28 heavy (non-hydrogen) atoms. The molecule has 1 aromatic heterocycles. The van der Waals surface area contributed by atoms with Gasteiger partial charge in [-0.1, -0.05) is 38.5 Å². The molecular formula is C20H29N5O2S. The SMILES string of the molecule is CCOc1ccc(-c2nnc(SCC(=O)N[C@@H]3CCC[C@H](C)[C@@H]3C)n2N)cc1. The van der Waals surface area contributed by atoms with Crippen LogP contribution in [0.3, 0.4) is 0 Å². The number of nitrogens with zero attached hydrogens (tertiary/aromatic N) is 3. The number of aromatic nitrogens is 3. The Hall–Kier alpha value is -2.22. The molecule has 2 aromatic rings. The summed E-state index contributed by atoms with van der Waals surface area (Å²) in [6.45, 7) is 7.05. The summed E-state index contributed by atoms with van der Waals surface area (Å²) in [6.07, 6.45) is 3.47. The van der Waals surface area contributed by atoms with E-state index in [1.54, 1.807) is 0 Å². The van der Waals surface area contributed by atoms with E-state index in [1.165, 1.54) is 29.3 Å². The molecule has 1 aliphatic rings. The van der Waals surface area contributed by atoms with E-state index in [4.69, 9.17) is 10.6 Å². The number of nitrogens with one attached hydrogen (secondary N) is 1. The second-order valence-electron chi connectivity index (χ2n) is 7.36. The van der Waals surface area contributed by atoms with Gasteiger partial charge in [0.15, 0.2) is 5.82 Å². The van der Waals surface area contributed by atoms with Crippen LogP contribution in [0.4, 0.5) is 0 Å². The maximum Gasteiger partial charge on any atom is 0.230 e. The zero-order valence-corrected chi connectivity index (χ0v) is 17.5. The molecule has 0 spiro atoms. The number of carbonyl (C=O) groups excluding carboxylic acids is 1. The van der Waals surface area contributed by atoms with E-state index in [1.807, 2.05) is 31.2 Å². The third-order valence-corrected chi connectivity index (χ3v) is 6.42. The molecule has 0 radical (unpaired) electrons. The third kappa shape index (κ3) is 4.79. The zero-order chi connectivity index (χ0) is 20.1. The number of hydrogen-bond acceptors (Lipinski definition) is 6. The first-order chi connectivity index (χ1) is 13.5. The van der Waals surface area contributed by atoms with E-state index in [-0.39, 0.29) is 17.7 Å². The van der Waals surface area contributed by atoms with Crippen LogP contribution >= 0.6 is 11.8 Å². The molecule has 1 aromatic carbocycles. The van der Waals surface area contributed by atoms with E-state index in [0.717, 1.165) is 17.7 Å². The largest absolute Gasteiger partial charge is 0.494 e. The fraction of sp³-hybridized carbons (Fsp3) is 0.550. The number of rotatable bonds is 7. The van der Waals surface area contributed by atoms with E-state index in [2.05, 4.69) is 29.4 Å². The number of amides is 1. The molecule has 1 heterocycles. The van der Waals surface area contributed by atoms with E-state index >= 15 is 0 Å². The summed E-state index contributed by atoms with van der Waals surface area (Å²) in [6, 6.07) is 7.79. The van der Waals surface area contributed by atoms with E-state index in [0.29, 0.717) is 29.4 Å². The minimum atomic E-state index is 0.0153. The highest BCUT2D eigenvalue weighted by atomic mass is 32.2. The lowest BCUT2D eigenvalue weighted by Crippen LogP contribution is -2.44. The van der Waals surface area contributed by atoms with Gasteiger partial charge >= 0.3 is 0 Å². The summed E-state index contributed by atoms with van der Waals surface area (Å²) in [7, 11) is 0. The Morgan fingerprint density at radius 2 is 2.04 bits per heavy atom.